The maximum Gasteiger partial charge on any atom is 0.416 e. The number of ether oxygens (including phenoxy) is 1. The Kier molecular flexibility index (Phi) is 6.30. The second-order valence-electron chi connectivity index (χ2n) is 7.80. The van der Waals surface area contributed by atoms with Crippen molar-refractivity contribution in [1.82, 2.24) is 4.90 Å². The molecule has 0 unspecified atom stereocenters. The Labute approximate surface area is 179 Å². The van der Waals surface area contributed by atoms with Gasteiger partial charge in [0.15, 0.2) is 0 Å². The van der Waals surface area contributed by atoms with E-state index in [9.17, 15) is 18.3 Å². The lowest BCUT2D eigenvalue weighted by Crippen LogP contribution is -2.31. The molecule has 1 aliphatic rings. The molecular formula is C25H24F3NO2. The van der Waals surface area contributed by atoms with E-state index in [1.54, 1.807) is 30.3 Å². The Morgan fingerprint density at radius 1 is 0.903 bits per heavy atom. The molecule has 0 aromatic heterocycles. The molecule has 0 radical (unpaired) electrons. The number of halogens is 3. The summed E-state index contributed by atoms with van der Waals surface area (Å²) in [4.78, 5) is 2.29. The molecule has 0 saturated carbocycles. The SMILES string of the molecule is OC[C@H]1CCCN1Cc1ccc(Oc2cccc(-c3cccc(C(F)(F)F)c3)c2)cc1. The smallest absolute Gasteiger partial charge is 0.416 e. The van der Waals surface area contributed by atoms with Gasteiger partial charge in [0, 0.05) is 12.6 Å². The molecule has 1 fully saturated rings. The van der Waals surface area contributed by atoms with Gasteiger partial charge in [-0.05, 0) is 72.5 Å². The standard InChI is InChI=1S/C25H24F3NO2/c26-25(27,28)21-6-1-4-19(14-21)20-5-2-8-24(15-20)31-23-11-9-18(10-12-23)16-29-13-3-7-22(29)17-30/h1-2,4-6,8-12,14-15,22,30H,3,7,13,16-17H2/t22-/m1/s1. The number of aliphatic hydroxyl groups is 1. The summed E-state index contributed by atoms with van der Waals surface area (Å²) in [5.41, 5.74) is 1.61. The third kappa shape index (κ3) is 5.27. The minimum Gasteiger partial charge on any atom is -0.457 e. The Morgan fingerprint density at radius 2 is 1.61 bits per heavy atom. The lowest BCUT2D eigenvalue weighted by atomic mass is 10.0. The van der Waals surface area contributed by atoms with Crippen molar-refractivity contribution in [1.29, 1.82) is 0 Å². The number of rotatable bonds is 6. The van der Waals surface area contributed by atoms with Gasteiger partial charge in [-0.1, -0.05) is 36.4 Å². The lowest BCUT2D eigenvalue weighted by molar-refractivity contribution is -0.137. The summed E-state index contributed by atoms with van der Waals surface area (Å²) in [7, 11) is 0. The van der Waals surface area contributed by atoms with Crippen molar-refractivity contribution in [2.24, 2.45) is 0 Å². The molecule has 1 heterocycles. The number of hydrogen-bond donors (Lipinski definition) is 1. The maximum atomic E-state index is 13.0. The molecule has 3 nitrogen and oxygen atoms in total. The third-order valence-corrected chi connectivity index (χ3v) is 5.61. The number of benzene rings is 3. The molecule has 1 N–H and O–H groups in total. The molecule has 31 heavy (non-hydrogen) atoms. The second-order valence-corrected chi connectivity index (χ2v) is 7.80. The Hall–Kier alpha value is -2.83. The molecule has 4 rings (SSSR count). The topological polar surface area (TPSA) is 32.7 Å². The van der Waals surface area contributed by atoms with E-state index in [0.717, 1.165) is 43.6 Å². The summed E-state index contributed by atoms with van der Waals surface area (Å²) in [5, 5.41) is 9.46. The van der Waals surface area contributed by atoms with Gasteiger partial charge < -0.3 is 9.84 Å². The molecule has 0 amide bonds. The first-order valence-corrected chi connectivity index (χ1v) is 10.3. The molecule has 0 bridgehead atoms. The van der Waals surface area contributed by atoms with E-state index in [0.29, 0.717) is 22.6 Å². The largest absolute Gasteiger partial charge is 0.457 e. The predicted molar refractivity (Wildman–Crippen MR) is 114 cm³/mol. The molecule has 0 aliphatic carbocycles. The second kappa shape index (κ2) is 9.12. The molecule has 1 atom stereocenters. The van der Waals surface area contributed by atoms with Crippen molar-refractivity contribution in [3.8, 4) is 22.6 Å². The van der Waals surface area contributed by atoms with Crippen molar-refractivity contribution in [3.63, 3.8) is 0 Å². The van der Waals surface area contributed by atoms with Crippen LogP contribution < -0.4 is 4.74 Å². The Morgan fingerprint density at radius 3 is 2.32 bits per heavy atom. The minimum absolute atomic E-state index is 0.184. The fourth-order valence-corrected chi connectivity index (χ4v) is 3.96. The van der Waals surface area contributed by atoms with E-state index in [2.05, 4.69) is 4.90 Å². The first kappa shape index (κ1) is 21.4. The van der Waals surface area contributed by atoms with Crippen molar-refractivity contribution in [2.75, 3.05) is 13.2 Å². The molecule has 0 spiro atoms. The first-order chi connectivity index (χ1) is 14.9. The van der Waals surface area contributed by atoms with Crippen molar-refractivity contribution in [3.05, 3.63) is 83.9 Å². The number of alkyl halides is 3. The summed E-state index contributed by atoms with van der Waals surface area (Å²) in [6.07, 6.45) is -2.24. The van der Waals surface area contributed by atoms with Crippen LogP contribution in [0.5, 0.6) is 11.5 Å². The van der Waals surface area contributed by atoms with Crippen LogP contribution in [0.4, 0.5) is 13.2 Å². The highest BCUT2D eigenvalue weighted by molar-refractivity contribution is 5.66. The molecule has 162 valence electrons. The van der Waals surface area contributed by atoms with Gasteiger partial charge in [-0.15, -0.1) is 0 Å². The zero-order valence-electron chi connectivity index (χ0n) is 17.0. The molecule has 1 aliphatic heterocycles. The Balaban J connectivity index is 1.46. The number of aliphatic hydroxyl groups excluding tert-OH is 1. The van der Waals surface area contributed by atoms with Crippen LogP contribution in [0, 0.1) is 0 Å². The maximum absolute atomic E-state index is 13.0. The quantitative estimate of drug-likeness (QED) is 0.514. The first-order valence-electron chi connectivity index (χ1n) is 10.3. The van der Waals surface area contributed by atoms with E-state index in [4.69, 9.17) is 4.74 Å². The highest BCUT2D eigenvalue weighted by atomic mass is 19.4. The zero-order chi connectivity index (χ0) is 21.8. The van der Waals surface area contributed by atoms with Gasteiger partial charge in [-0.2, -0.15) is 13.2 Å². The van der Waals surface area contributed by atoms with E-state index in [1.165, 1.54) is 6.07 Å². The van der Waals surface area contributed by atoms with Gasteiger partial charge in [0.1, 0.15) is 11.5 Å². The summed E-state index contributed by atoms with van der Waals surface area (Å²) in [6, 6.07) is 20.3. The zero-order valence-corrected chi connectivity index (χ0v) is 17.0. The molecule has 3 aromatic rings. The summed E-state index contributed by atoms with van der Waals surface area (Å²) in [6.45, 7) is 1.96. The Bertz CT molecular complexity index is 1020. The van der Waals surface area contributed by atoms with Gasteiger partial charge in [0.05, 0.1) is 12.2 Å². The summed E-state index contributed by atoms with van der Waals surface area (Å²) >= 11 is 0. The van der Waals surface area contributed by atoms with Crippen LogP contribution >= 0.6 is 0 Å². The number of hydrogen-bond acceptors (Lipinski definition) is 3. The van der Waals surface area contributed by atoms with Crippen LogP contribution in [0.3, 0.4) is 0 Å². The normalized spacial score (nSPS) is 17.1. The molecular weight excluding hydrogens is 403 g/mol. The molecule has 1 saturated heterocycles. The third-order valence-electron chi connectivity index (χ3n) is 5.61. The lowest BCUT2D eigenvalue weighted by Gasteiger charge is -2.22. The predicted octanol–water partition coefficient (Wildman–Crippen LogP) is 6.12. The van der Waals surface area contributed by atoms with Crippen molar-refractivity contribution >= 4 is 0 Å². The number of nitrogens with zero attached hydrogens (tertiary/aromatic N) is 1. The summed E-state index contributed by atoms with van der Waals surface area (Å²) < 4.78 is 45.0. The fourth-order valence-electron chi connectivity index (χ4n) is 3.96. The average Bonchev–Trinajstić information content (AvgIpc) is 3.22. The van der Waals surface area contributed by atoms with Crippen LogP contribution in [0.15, 0.2) is 72.8 Å². The van der Waals surface area contributed by atoms with Crippen LogP contribution in [0.2, 0.25) is 0 Å². The van der Waals surface area contributed by atoms with Crippen molar-refractivity contribution < 1.29 is 23.0 Å². The van der Waals surface area contributed by atoms with Crippen LogP contribution in [-0.4, -0.2) is 29.2 Å². The van der Waals surface area contributed by atoms with Gasteiger partial charge >= 0.3 is 6.18 Å². The van der Waals surface area contributed by atoms with E-state index in [-0.39, 0.29) is 12.6 Å². The monoisotopic (exact) mass is 427 g/mol. The van der Waals surface area contributed by atoms with Crippen LogP contribution in [-0.2, 0) is 12.7 Å². The minimum atomic E-state index is -4.38. The van der Waals surface area contributed by atoms with Gasteiger partial charge in [-0.25, -0.2) is 0 Å². The van der Waals surface area contributed by atoms with E-state index < -0.39 is 11.7 Å². The molecule has 3 aromatic carbocycles. The van der Waals surface area contributed by atoms with Gasteiger partial charge in [0.2, 0.25) is 0 Å². The van der Waals surface area contributed by atoms with Crippen LogP contribution in [0.1, 0.15) is 24.0 Å². The molecule has 6 heteroatoms. The van der Waals surface area contributed by atoms with Gasteiger partial charge in [-0.3, -0.25) is 4.90 Å². The summed E-state index contributed by atoms with van der Waals surface area (Å²) in [5.74, 6) is 1.22. The van der Waals surface area contributed by atoms with Crippen molar-refractivity contribution in [2.45, 2.75) is 31.6 Å². The number of likely N-dealkylation sites (tertiary alicyclic amines) is 1. The van der Waals surface area contributed by atoms with Crippen LogP contribution in [0.25, 0.3) is 11.1 Å². The van der Waals surface area contributed by atoms with E-state index in [1.807, 2.05) is 24.3 Å². The van der Waals surface area contributed by atoms with E-state index >= 15 is 0 Å². The highest BCUT2D eigenvalue weighted by Crippen LogP contribution is 2.33. The highest BCUT2D eigenvalue weighted by Gasteiger charge is 2.30. The fraction of sp³-hybridized carbons (Fsp3) is 0.280. The average molecular weight is 427 g/mol. The van der Waals surface area contributed by atoms with Gasteiger partial charge in [0.25, 0.3) is 0 Å².